The highest BCUT2D eigenvalue weighted by Crippen LogP contribution is 2.37. The van der Waals surface area contributed by atoms with Crippen molar-refractivity contribution < 1.29 is 0 Å². The highest BCUT2D eigenvalue weighted by atomic mass is 14.6. The van der Waals surface area contributed by atoms with Crippen molar-refractivity contribution in [3.8, 4) is 11.1 Å². The van der Waals surface area contributed by atoms with Crippen molar-refractivity contribution in [1.82, 2.24) is 4.98 Å². The number of pyridine rings is 1. The maximum Gasteiger partial charge on any atom is 0.0708 e. The van der Waals surface area contributed by atoms with Crippen LogP contribution in [0, 0.1) is 0 Å². The van der Waals surface area contributed by atoms with Crippen LogP contribution in [0.15, 0.2) is 91.1 Å². The van der Waals surface area contributed by atoms with Crippen molar-refractivity contribution in [3.63, 3.8) is 0 Å². The molecule has 112 valence electrons. The molecule has 0 unspecified atom stereocenters. The van der Waals surface area contributed by atoms with Crippen LogP contribution in [0.4, 0.5) is 0 Å². The Bertz CT molecular complexity index is 1200. The zero-order chi connectivity index (χ0) is 15.9. The second-order valence-electron chi connectivity index (χ2n) is 6.07. The third-order valence-corrected chi connectivity index (χ3v) is 4.71. The van der Waals surface area contributed by atoms with Crippen LogP contribution in [0.5, 0.6) is 0 Å². The second-order valence-corrected chi connectivity index (χ2v) is 6.07. The number of hydrogen-bond donors (Lipinski definition) is 0. The van der Waals surface area contributed by atoms with E-state index in [1.165, 1.54) is 38.1 Å². The molecule has 24 heavy (non-hydrogen) atoms. The van der Waals surface area contributed by atoms with Crippen molar-refractivity contribution in [3.05, 3.63) is 91.1 Å². The molecular formula is C23H15N. The average Bonchev–Trinajstić information content (AvgIpc) is 2.67. The van der Waals surface area contributed by atoms with Gasteiger partial charge in [0.1, 0.15) is 0 Å². The SMILES string of the molecule is c1ccc2c(c1)cc(-c1ccnc3ccccc13)c1ccccc12. The minimum absolute atomic E-state index is 1.03. The maximum atomic E-state index is 4.51. The van der Waals surface area contributed by atoms with Gasteiger partial charge < -0.3 is 0 Å². The fourth-order valence-corrected chi connectivity index (χ4v) is 3.61. The van der Waals surface area contributed by atoms with Gasteiger partial charge in [-0.05, 0) is 50.9 Å². The summed E-state index contributed by atoms with van der Waals surface area (Å²) in [7, 11) is 0. The van der Waals surface area contributed by atoms with Crippen LogP contribution in [0.3, 0.4) is 0 Å². The van der Waals surface area contributed by atoms with Crippen LogP contribution in [0.25, 0.3) is 43.6 Å². The van der Waals surface area contributed by atoms with E-state index < -0.39 is 0 Å². The number of fused-ring (bicyclic) bond motifs is 4. The predicted molar refractivity (Wildman–Crippen MR) is 102 cm³/mol. The van der Waals surface area contributed by atoms with Crippen molar-refractivity contribution in [1.29, 1.82) is 0 Å². The number of nitrogens with zero attached hydrogens (tertiary/aromatic N) is 1. The average molecular weight is 305 g/mol. The molecule has 0 fully saturated rings. The van der Waals surface area contributed by atoms with Crippen molar-refractivity contribution in [2.75, 3.05) is 0 Å². The lowest BCUT2D eigenvalue weighted by Crippen LogP contribution is -1.87. The van der Waals surface area contributed by atoms with E-state index in [0.29, 0.717) is 0 Å². The lowest BCUT2D eigenvalue weighted by Gasteiger charge is -2.12. The fourth-order valence-electron chi connectivity index (χ4n) is 3.61. The molecule has 0 saturated carbocycles. The van der Waals surface area contributed by atoms with Gasteiger partial charge in [-0.2, -0.15) is 0 Å². The predicted octanol–water partition coefficient (Wildman–Crippen LogP) is 6.21. The summed E-state index contributed by atoms with van der Waals surface area (Å²) in [5.74, 6) is 0. The highest BCUT2D eigenvalue weighted by Gasteiger charge is 2.10. The van der Waals surface area contributed by atoms with Gasteiger partial charge in [0.05, 0.1) is 5.52 Å². The molecule has 1 heteroatoms. The molecule has 0 atom stereocenters. The standard InChI is InChI=1S/C23H15N/c1-2-8-17-16(7-1)15-22(19-10-4-3-9-18(17)19)20-13-14-24-23-12-6-5-11-21(20)23/h1-15H. The van der Waals surface area contributed by atoms with Gasteiger partial charge in [-0.15, -0.1) is 0 Å². The first-order chi connectivity index (χ1) is 11.9. The van der Waals surface area contributed by atoms with Gasteiger partial charge in [-0.25, -0.2) is 0 Å². The van der Waals surface area contributed by atoms with Crippen LogP contribution < -0.4 is 0 Å². The lowest BCUT2D eigenvalue weighted by molar-refractivity contribution is 1.41. The summed E-state index contributed by atoms with van der Waals surface area (Å²) in [6, 6.07) is 30.0. The number of aromatic nitrogens is 1. The summed E-state index contributed by atoms with van der Waals surface area (Å²) < 4.78 is 0. The van der Waals surface area contributed by atoms with Gasteiger partial charge in [0.25, 0.3) is 0 Å². The minimum Gasteiger partial charge on any atom is -0.256 e. The quantitative estimate of drug-likeness (QED) is 0.336. The molecular weight excluding hydrogens is 290 g/mol. The summed E-state index contributed by atoms with van der Waals surface area (Å²) in [4.78, 5) is 4.51. The Hall–Kier alpha value is -3.19. The Kier molecular flexibility index (Phi) is 2.86. The van der Waals surface area contributed by atoms with Crippen LogP contribution in [0.1, 0.15) is 0 Å². The number of para-hydroxylation sites is 1. The first kappa shape index (κ1) is 13.3. The van der Waals surface area contributed by atoms with Gasteiger partial charge in [0.15, 0.2) is 0 Å². The molecule has 0 radical (unpaired) electrons. The lowest BCUT2D eigenvalue weighted by atomic mass is 9.92. The first-order valence-electron chi connectivity index (χ1n) is 8.16. The summed E-state index contributed by atoms with van der Waals surface area (Å²) in [5, 5.41) is 6.35. The van der Waals surface area contributed by atoms with E-state index in [-0.39, 0.29) is 0 Å². The van der Waals surface area contributed by atoms with E-state index >= 15 is 0 Å². The van der Waals surface area contributed by atoms with Gasteiger partial charge in [0, 0.05) is 11.6 Å². The van der Waals surface area contributed by atoms with Crippen LogP contribution in [0.2, 0.25) is 0 Å². The Balaban J connectivity index is 1.98. The molecule has 0 aliphatic rings. The Morgan fingerprint density at radius 1 is 0.500 bits per heavy atom. The molecule has 1 heterocycles. The van der Waals surface area contributed by atoms with Gasteiger partial charge in [-0.3, -0.25) is 4.98 Å². The second kappa shape index (κ2) is 5.17. The molecule has 1 nitrogen and oxygen atoms in total. The van der Waals surface area contributed by atoms with Crippen molar-refractivity contribution in [2.24, 2.45) is 0 Å². The zero-order valence-electron chi connectivity index (χ0n) is 13.1. The Labute approximate surface area is 140 Å². The molecule has 4 aromatic carbocycles. The third kappa shape index (κ3) is 1.92. The largest absolute Gasteiger partial charge is 0.256 e. The van der Waals surface area contributed by atoms with E-state index in [9.17, 15) is 0 Å². The zero-order valence-corrected chi connectivity index (χ0v) is 13.1. The summed E-state index contributed by atoms with van der Waals surface area (Å²) >= 11 is 0. The Morgan fingerprint density at radius 3 is 2.04 bits per heavy atom. The van der Waals surface area contributed by atoms with E-state index in [0.717, 1.165) is 5.52 Å². The highest BCUT2D eigenvalue weighted by molar-refractivity contribution is 6.15. The van der Waals surface area contributed by atoms with Crippen LogP contribution in [-0.4, -0.2) is 4.98 Å². The monoisotopic (exact) mass is 305 g/mol. The van der Waals surface area contributed by atoms with Crippen molar-refractivity contribution >= 4 is 32.4 Å². The van der Waals surface area contributed by atoms with Crippen LogP contribution >= 0.6 is 0 Å². The molecule has 5 aromatic rings. The Morgan fingerprint density at radius 2 is 1.17 bits per heavy atom. The third-order valence-electron chi connectivity index (χ3n) is 4.71. The summed E-state index contributed by atoms with van der Waals surface area (Å²) in [6.45, 7) is 0. The van der Waals surface area contributed by atoms with E-state index in [1.54, 1.807) is 0 Å². The minimum atomic E-state index is 1.03. The molecule has 0 bridgehead atoms. The molecule has 0 aliphatic heterocycles. The normalized spacial score (nSPS) is 11.3. The van der Waals surface area contributed by atoms with Crippen LogP contribution in [-0.2, 0) is 0 Å². The van der Waals surface area contributed by atoms with Gasteiger partial charge in [-0.1, -0.05) is 66.7 Å². The maximum absolute atomic E-state index is 4.51. The molecule has 0 N–H and O–H groups in total. The molecule has 0 spiro atoms. The summed E-state index contributed by atoms with van der Waals surface area (Å²) in [6.07, 6.45) is 1.90. The van der Waals surface area contributed by atoms with E-state index in [4.69, 9.17) is 0 Å². The van der Waals surface area contributed by atoms with Gasteiger partial charge in [0.2, 0.25) is 0 Å². The molecule has 0 amide bonds. The number of rotatable bonds is 1. The molecule has 0 saturated heterocycles. The molecule has 1 aromatic heterocycles. The van der Waals surface area contributed by atoms with E-state index in [1.807, 2.05) is 12.3 Å². The fraction of sp³-hybridized carbons (Fsp3) is 0. The van der Waals surface area contributed by atoms with Gasteiger partial charge >= 0.3 is 0 Å². The number of benzene rings is 4. The summed E-state index contributed by atoms with van der Waals surface area (Å²) in [5.41, 5.74) is 3.54. The topological polar surface area (TPSA) is 12.9 Å². The smallest absolute Gasteiger partial charge is 0.0708 e. The van der Waals surface area contributed by atoms with Crippen molar-refractivity contribution in [2.45, 2.75) is 0 Å². The number of hydrogen-bond acceptors (Lipinski definition) is 1. The molecule has 0 aliphatic carbocycles. The van der Waals surface area contributed by atoms with E-state index in [2.05, 4.69) is 83.8 Å². The molecule has 5 rings (SSSR count). The first-order valence-corrected chi connectivity index (χ1v) is 8.16.